The quantitative estimate of drug-likeness (QED) is 0.693. The molecule has 2 rings (SSSR count). The van der Waals surface area contributed by atoms with E-state index in [1.165, 1.54) is 0 Å². The first-order valence-electron chi connectivity index (χ1n) is 8.49. The highest BCUT2D eigenvalue weighted by molar-refractivity contribution is 9.10. The molecule has 1 atom stereocenters. The largest absolute Gasteiger partial charge is 0.483 e. The lowest BCUT2D eigenvalue weighted by molar-refractivity contribution is -0.123. The molecule has 0 spiro atoms. The van der Waals surface area contributed by atoms with E-state index in [9.17, 15) is 9.59 Å². The molecule has 0 radical (unpaired) electrons. The molecule has 0 unspecified atom stereocenters. The van der Waals surface area contributed by atoms with E-state index in [2.05, 4.69) is 40.6 Å². The number of para-hydroxylation sites is 1. The number of hydrogen-bond donors (Lipinski definition) is 2. The lowest BCUT2D eigenvalue weighted by Gasteiger charge is -2.15. The molecule has 2 amide bonds. The average molecular weight is 419 g/mol. The number of hydrogen-bond acceptors (Lipinski definition) is 3. The number of carbonyl (C=O) groups excluding carboxylic acids is 2. The normalized spacial score (nSPS) is 11.5. The fourth-order valence-corrected chi connectivity index (χ4v) is 2.73. The van der Waals surface area contributed by atoms with Crippen LogP contribution in [0.2, 0.25) is 0 Å². The SMILES string of the molecule is CC[C@H](C)c1ccccc1OCC(=O)NNC(=O)c1ccc(C)c(Br)c1. The Morgan fingerprint density at radius 1 is 1.15 bits per heavy atom. The van der Waals surface area contributed by atoms with Gasteiger partial charge in [-0.25, -0.2) is 0 Å². The van der Waals surface area contributed by atoms with Crippen LogP contribution in [0.3, 0.4) is 0 Å². The second-order valence-corrected chi connectivity index (χ2v) is 6.96. The third-order valence-electron chi connectivity index (χ3n) is 4.17. The van der Waals surface area contributed by atoms with Crippen molar-refractivity contribution in [1.29, 1.82) is 0 Å². The second kappa shape index (κ2) is 9.38. The Morgan fingerprint density at radius 3 is 2.58 bits per heavy atom. The fourth-order valence-electron chi connectivity index (χ4n) is 2.35. The van der Waals surface area contributed by atoms with Gasteiger partial charge in [-0.05, 0) is 48.6 Å². The van der Waals surface area contributed by atoms with Gasteiger partial charge in [0.25, 0.3) is 11.8 Å². The molecular weight excluding hydrogens is 396 g/mol. The number of halogens is 1. The van der Waals surface area contributed by atoms with Gasteiger partial charge in [-0.15, -0.1) is 0 Å². The Morgan fingerprint density at radius 2 is 1.88 bits per heavy atom. The maximum Gasteiger partial charge on any atom is 0.276 e. The van der Waals surface area contributed by atoms with Gasteiger partial charge in [0.1, 0.15) is 5.75 Å². The van der Waals surface area contributed by atoms with Crippen molar-refractivity contribution in [3.05, 3.63) is 63.6 Å². The van der Waals surface area contributed by atoms with Crippen LogP contribution in [0.25, 0.3) is 0 Å². The highest BCUT2D eigenvalue weighted by Gasteiger charge is 2.12. The van der Waals surface area contributed by atoms with Crippen LogP contribution in [-0.2, 0) is 4.79 Å². The highest BCUT2D eigenvalue weighted by Crippen LogP contribution is 2.28. The lowest BCUT2D eigenvalue weighted by atomic mass is 9.98. The minimum atomic E-state index is -0.427. The van der Waals surface area contributed by atoms with Crippen molar-refractivity contribution in [3.8, 4) is 5.75 Å². The van der Waals surface area contributed by atoms with Crippen LogP contribution >= 0.6 is 15.9 Å². The van der Waals surface area contributed by atoms with E-state index in [0.717, 1.165) is 22.0 Å². The molecule has 0 bridgehead atoms. The molecule has 2 aromatic rings. The third-order valence-corrected chi connectivity index (χ3v) is 5.02. The van der Waals surface area contributed by atoms with Crippen LogP contribution in [0.5, 0.6) is 5.75 Å². The topological polar surface area (TPSA) is 67.4 Å². The number of hydrazine groups is 1. The van der Waals surface area contributed by atoms with Crippen molar-refractivity contribution < 1.29 is 14.3 Å². The molecular formula is C20H23BrN2O3. The Balaban J connectivity index is 1.88. The van der Waals surface area contributed by atoms with E-state index in [0.29, 0.717) is 17.2 Å². The predicted molar refractivity (Wildman–Crippen MR) is 105 cm³/mol. The molecule has 2 aromatic carbocycles. The fraction of sp³-hybridized carbons (Fsp3) is 0.300. The zero-order valence-corrected chi connectivity index (χ0v) is 16.7. The average Bonchev–Trinajstić information content (AvgIpc) is 2.66. The van der Waals surface area contributed by atoms with Crippen LogP contribution in [0.1, 0.15) is 47.7 Å². The first kappa shape index (κ1) is 20.0. The molecule has 26 heavy (non-hydrogen) atoms. The minimum Gasteiger partial charge on any atom is -0.483 e. The molecule has 138 valence electrons. The molecule has 0 aromatic heterocycles. The molecule has 0 aliphatic rings. The lowest BCUT2D eigenvalue weighted by Crippen LogP contribution is -2.43. The van der Waals surface area contributed by atoms with Crippen molar-refractivity contribution >= 4 is 27.7 Å². The van der Waals surface area contributed by atoms with Gasteiger partial charge in [0.2, 0.25) is 0 Å². The van der Waals surface area contributed by atoms with E-state index >= 15 is 0 Å². The summed E-state index contributed by atoms with van der Waals surface area (Å²) in [5, 5.41) is 0. The van der Waals surface area contributed by atoms with Crippen LogP contribution in [-0.4, -0.2) is 18.4 Å². The zero-order chi connectivity index (χ0) is 19.1. The van der Waals surface area contributed by atoms with Crippen molar-refractivity contribution in [2.45, 2.75) is 33.1 Å². The maximum atomic E-state index is 12.1. The number of amides is 2. The second-order valence-electron chi connectivity index (χ2n) is 6.10. The van der Waals surface area contributed by atoms with E-state index in [1.54, 1.807) is 12.1 Å². The van der Waals surface area contributed by atoms with Crippen LogP contribution in [0.4, 0.5) is 0 Å². The smallest absolute Gasteiger partial charge is 0.276 e. The van der Waals surface area contributed by atoms with Crippen LogP contribution in [0, 0.1) is 6.92 Å². The molecule has 2 N–H and O–H groups in total. The number of nitrogens with one attached hydrogen (secondary N) is 2. The summed E-state index contributed by atoms with van der Waals surface area (Å²) in [6.07, 6.45) is 0.981. The molecule has 6 heteroatoms. The van der Waals surface area contributed by atoms with Gasteiger partial charge < -0.3 is 4.74 Å². The van der Waals surface area contributed by atoms with E-state index in [-0.39, 0.29) is 12.5 Å². The standard InChI is InChI=1S/C20H23BrN2O3/c1-4-13(2)16-7-5-6-8-18(16)26-12-19(24)22-23-20(25)15-10-9-14(3)17(21)11-15/h5-11,13H,4,12H2,1-3H3,(H,22,24)(H,23,25)/t13-/m0/s1. The van der Waals surface area contributed by atoms with Gasteiger partial charge in [-0.3, -0.25) is 20.4 Å². The van der Waals surface area contributed by atoms with E-state index in [1.807, 2.05) is 37.3 Å². The van der Waals surface area contributed by atoms with Gasteiger partial charge in [0, 0.05) is 10.0 Å². The van der Waals surface area contributed by atoms with Gasteiger partial charge in [0.15, 0.2) is 6.61 Å². The summed E-state index contributed by atoms with van der Waals surface area (Å²) >= 11 is 3.38. The first-order valence-corrected chi connectivity index (χ1v) is 9.28. The Kier molecular flexibility index (Phi) is 7.21. The number of aryl methyl sites for hydroxylation is 1. The van der Waals surface area contributed by atoms with Gasteiger partial charge in [-0.1, -0.05) is 54.0 Å². The van der Waals surface area contributed by atoms with Crippen molar-refractivity contribution in [2.75, 3.05) is 6.61 Å². The van der Waals surface area contributed by atoms with Crippen LogP contribution in [0.15, 0.2) is 46.9 Å². The Labute approximate surface area is 162 Å². The summed E-state index contributed by atoms with van der Waals surface area (Å²) in [6.45, 7) is 5.97. The molecule has 0 aliphatic carbocycles. The highest BCUT2D eigenvalue weighted by atomic mass is 79.9. The van der Waals surface area contributed by atoms with Crippen molar-refractivity contribution in [3.63, 3.8) is 0 Å². The summed E-state index contributed by atoms with van der Waals surface area (Å²) in [5.41, 5.74) is 7.30. The summed E-state index contributed by atoms with van der Waals surface area (Å²) in [4.78, 5) is 24.0. The predicted octanol–water partition coefficient (Wildman–Crippen LogP) is 4.11. The van der Waals surface area contributed by atoms with Crippen molar-refractivity contribution in [1.82, 2.24) is 10.9 Å². The zero-order valence-electron chi connectivity index (χ0n) is 15.1. The van der Waals surface area contributed by atoms with Crippen molar-refractivity contribution in [2.24, 2.45) is 0 Å². The van der Waals surface area contributed by atoms with Gasteiger partial charge in [-0.2, -0.15) is 0 Å². The van der Waals surface area contributed by atoms with E-state index in [4.69, 9.17) is 4.74 Å². The molecule has 0 aliphatic heterocycles. The molecule has 0 fully saturated rings. The first-order chi connectivity index (χ1) is 12.4. The molecule has 0 saturated carbocycles. The Bertz CT molecular complexity index is 792. The summed E-state index contributed by atoms with van der Waals surface area (Å²) < 4.78 is 6.46. The summed E-state index contributed by atoms with van der Waals surface area (Å²) in [6, 6.07) is 12.9. The summed E-state index contributed by atoms with van der Waals surface area (Å²) in [5.74, 6) is 0.210. The maximum absolute atomic E-state index is 12.1. The van der Waals surface area contributed by atoms with E-state index < -0.39 is 5.91 Å². The Hall–Kier alpha value is -2.34. The summed E-state index contributed by atoms with van der Waals surface area (Å²) in [7, 11) is 0. The molecule has 0 saturated heterocycles. The number of rotatable bonds is 6. The monoisotopic (exact) mass is 418 g/mol. The minimum absolute atomic E-state index is 0.175. The number of ether oxygens (including phenoxy) is 1. The number of benzene rings is 2. The third kappa shape index (κ3) is 5.33. The molecule has 5 nitrogen and oxygen atoms in total. The molecule has 0 heterocycles. The van der Waals surface area contributed by atoms with Gasteiger partial charge in [0.05, 0.1) is 0 Å². The van der Waals surface area contributed by atoms with Gasteiger partial charge >= 0.3 is 0 Å². The van der Waals surface area contributed by atoms with Crippen LogP contribution < -0.4 is 15.6 Å². The number of carbonyl (C=O) groups is 2.